The number of hydrogen-bond acceptors (Lipinski definition) is 10. The summed E-state index contributed by atoms with van der Waals surface area (Å²) in [5, 5.41) is 6.91. The highest BCUT2D eigenvalue weighted by molar-refractivity contribution is 7.88. The number of sulfonamides is 1. The molecule has 2 aliphatic heterocycles. The Kier molecular flexibility index (Phi) is 13.2. The van der Waals surface area contributed by atoms with Crippen molar-refractivity contribution >= 4 is 50.3 Å². The average Bonchev–Trinajstić information content (AvgIpc) is 3.78. The maximum Gasteiger partial charge on any atom is 0.266 e. The number of para-hydroxylation sites is 2. The van der Waals surface area contributed by atoms with Crippen LogP contribution in [0.3, 0.4) is 0 Å². The van der Waals surface area contributed by atoms with Crippen LogP contribution in [0.5, 0.6) is 0 Å². The summed E-state index contributed by atoms with van der Waals surface area (Å²) in [7, 11) is -3.77. The highest BCUT2D eigenvalue weighted by atomic mass is 35.5. The van der Waals surface area contributed by atoms with E-state index in [0.717, 1.165) is 63.4 Å². The zero-order chi connectivity index (χ0) is 37.5. The number of likely N-dealkylation sites (tertiary alicyclic amines) is 1. The van der Waals surface area contributed by atoms with Gasteiger partial charge in [-0.2, -0.15) is 0 Å². The smallest absolute Gasteiger partial charge is 0.266 e. The molecule has 3 aliphatic rings. The second-order valence-corrected chi connectivity index (χ2v) is 17.2. The molecule has 4 atom stereocenters. The minimum absolute atomic E-state index is 0.0735. The number of benzene rings is 2. The number of halogens is 1. The number of ether oxygens (including phenoxy) is 1. The molecule has 2 saturated heterocycles. The molecule has 0 spiro atoms. The standard InChI is InChI=1S/C38H51ClN6O7S/c1-53(49,50)44-31(15-10-24-16-18-41-19-17-24)38(48)45-22-29(51-23-26-6-11-27(39)12-7-26)21-33(45)36(47)42-32(20-25-8-13-28(40)14-9-25)35(46)37-43-30-4-2-3-5-34(30)52-37/h2-7,11-12,24-25,28-29,31-33,41,44H,8-10,13-23,40H2,1H3,(H,42,47)/t25?,28?,29-,31-,32+,33+/m1/s1. The van der Waals surface area contributed by atoms with Crippen LogP contribution in [0.4, 0.5) is 0 Å². The maximum absolute atomic E-state index is 14.4. The first-order chi connectivity index (χ1) is 25.4. The minimum Gasteiger partial charge on any atom is -0.434 e. The number of amides is 2. The van der Waals surface area contributed by atoms with Gasteiger partial charge in [0.1, 0.15) is 17.6 Å². The summed E-state index contributed by atoms with van der Waals surface area (Å²) >= 11 is 6.07. The number of fused-ring (bicyclic) bond motifs is 1. The van der Waals surface area contributed by atoms with Gasteiger partial charge in [-0.1, -0.05) is 35.9 Å². The molecule has 3 heterocycles. The molecule has 1 aromatic heterocycles. The van der Waals surface area contributed by atoms with E-state index in [2.05, 4.69) is 20.3 Å². The molecule has 0 radical (unpaired) electrons. The SMILES string of the molecule is CS(=O)(=O)N[C@H](CCC1CCNCC1)C(=O)N1C[C@H](OCc2ccc(Cl)cc2)C[C@H]1C(=O)N[C@@H](CC1CCC(N)CC1)C(=O)c1nc2ccccc2o1. The fourth-order valence-corrected chi connectivity index (χ4v) is 8.71. The third-order valence-electron chi connectivity index (χ3n) is 10.8. The van der Waals surface area contributed by atoms with Crippen molar-refractivity contribution in [1.82, 2.24) is 25.2 Å². The molecule has 0 unspecified atom stereocenters. The molecular weight excluding hydrogens is 720 g/mol. The van der Waals surface area contributed by atoms with E-state index in [-0.39, 0.29) is 37.4 Å². The first-order valence-electron chi connectivity index (χ1n) is 18.7. The number of rotatable bonds is 15. The maximum atomic E-state index is 14.4. The largest absolute Gasteiger partial charge is 0.434 e. The van der Waals surface area contributed by atoms with Gasteiger partial charge in [0.25, 0.3) is 5.89 Å². The summed E-state index contributed by atoms with van der Waals surface area (Å²) in [6.45, 7) is 2.05. The number of aromatic nitrogens is 1. The molecule has 5 N–H and O–H groups in total. The van der Waals surface area contributed by atoms with Crippen LogP contribution < -0.4 is 21.1 Å². The van der Waals surface area contributed by atoms with Crippen molar-refractivity contribution in [2.45, 2.75) is 101 Å². The van der Waals surface area contributed by atoms with E-state index >= 15 is 0 Å². The zero-order valence-corrected chi connectivity index (χ0v) is 31.7. The highest BCUT2D eigenvalue weighted by Gasteiger charge is 2.44. The molecule has 15 heteroatoms. The Morgan fingerprint density at radius 1 is 1.02 bits per heavy atom. The van der Waals surface area contributed by atoms with E-state index in [1.54, 1.807) is 36.4 Å². The van der Waals surface area contributed by atoms with Crippen molar-refractivity contribution < 1.29 is 32.0 Å². The quantitative estimate of drug-likeness (QED) is 0.165. The van der Waals surface area contributed by atoms with Crippen molar-refractivity contribution in [3.05, 3.63) is 65.0 Å². The van der Waals surface area contributed by atoms with Crippen LogP contribution in [0.1, 0.15) is 80.5 Å². The molecule has 0 bridgehead atoms. The normalized spacial score (nSPS) is 23.9. The number of nitrogens with zero attached hydrogens (tertiary/aromatic N) is 2. The molecule has 13 nitrogen and oxygen atoms in total. The Morgan fingerprint density at radius 2 is 1.74 bits per heavy atom. The van der Waals surface area contributed by atoms with E-state index < -0.39 is 51.9 Å². The lowest BCUT2D eigenvalue weighted by Gasteiger charge is -2.31. The van der Waals surface area contributed by atoms with Crippen LogP contribution in [0, 0.1) is 11.8 Å². The van der Waals surface area contributed by atoms with Crippen LogP contribution >= 0.6 is 11.6 Å². The summed E-state index contributed by atoms with van der Waals surface area (Å²) in [5.41, 5.74) is 8.04. The lowest BCUT2D eigenvalue weighted by molar-refractivity contribution is -0.140. The molecule has 53 heavy (non-hydrogen) atoms. The summed E-state index contributed by atoms with van der Waals surface area (Å²) < 4.78 is 39.7. The van der Waals surface area contributed by atoms with Gasteiger partial charge in [0.15, 0.2) is 5.58 Å². The van der Waals surface area contributed by atoms with Gasteiger partial charge in [-0.25, -0.2) is 18.1 Å². The van der Waals surface area contributed by atoms with Gasteiger partial charge in [0.2, 0.25) is 27.6 Å². The van der Waals surface area contributed by atoms with Gasteiger partial charge in [-0.05, 0) is 113 Å². The zero-order valence-electron chi connectivity index (χ0n) is 30.2. The molecule has 1 saturated carbocycles. The van der Waals surface area contributed by atoms with E-state index in [4.69, 9.17) is 26.5 Å². The van der Waals surface area contributed by atoms with Crippen molar-refractivity contribution in [1.29, 1.82) is 0 Å². The van der Waals surface area contributed by atoms with Gasteiger partial charge >= 0.3 is 0 Å². The van der Waals surface area contributed by atoms with Gasteiger partial charge in [0, 0.05) is 24.0 Å². The average molecular weight is 771 g/mol. The van der Waals surface area contributed by atoms with E-state index in [1.165, 1.54) is 4.90 Å². The van der Waals surface area contributed by atoms with Crippen molar-refractivity contribution in [3.8, 4) is 0 Å². The number of oxazole rings is 1. The molecule has 3 fully saturated rings. The monoisotopic (exact) mass is 770 g/mol. The summed E-state index contributed by atoms with van der Waals surface area (Å²) in [5.74, 6) is -1.06. The van der Waals surface area contributed by atoms with Crippen molar-refractivity contribution in [2.75, 3.05) is 25.9 Å². The predicted molar refractivity (Wildman–Crippen MR) is 202 cm³/mol. The Morgan fingerprint density at radius 3 is 2.43 bits per heavy atom. The van der Waals surface area contributed by atoms with E-state index in [0.29, 0.717) is 41.3 Å². The van der Waals surface area contributed by atoms with Crippen LogP contribution in [0.2, 0.25) is 5.02 Å². The Balaban J connectivity index is 1.24. The molecule has 2 amide bonds. The first-order valence-corrected chi connectivity index (χ1v) is 21.0. The summed E-state index contributed by atoms with van der Waals surface area (Å²) in [6.07, 6.45) is 7.15. The van der Waals surface area contributed by atoms with E-state index in [1.807, 2.05) is 12.1 Å². The van der Waals surface area contributed by atoms with Gasteiger partial charge in [0.05, 0.1) is 25.0 Å². The van der Waals surface area contributed by atoms with Crippen LogP contribution in [0.15, 0.2) is 52.9 Å². The van der Waals surface area contributed by atoms with Gasteiger partial charge in [-0.15, -0.1) is 0 Å². The topological polar surface area (TPSA) is 186 Å². The fourth-order valence-electron chi connectivity index (χ4n) is 7.85. The Hall–Kier alpha value is -3.40. The van der Waals surface area contributed by atoms with Crippen LogP contribution in [0.25, 0.3) is 11.1 Å². The molecule has 288 valence electrons. The number of nitrogens with two attached hydrogens (primary N) is 1. The Labute approximate surface area is 316 Å². The number of Topliss-reactive ketones (excluding diaryl/α,β-unsaturated/α-hetero) is 1. The van der Waals surface area contributed by atoms with Gasteiger partial charge < -0.3 is 30.4 Å². The molecule has 6 rings (SSSR count). The molecular formula is C38H51ClN6O7S. The number of piperidine rings is 1. The molecule has 3 aromatic rings. The number of carbonyl (C=O) groups excluding carboxylic acids is 3. The van der Waals surface area contributed by atoms with Gasteiger partial charge in [-0.3, -0.25) is 14.4 Å². The lowest BCUT2D eigenvalue weighted by atomic mass is 9.82. The number of carbonyl (C=O) groups is 3. The van der Waals surface area contributed by atoms with E-state index in [9.17, 15) is 22.8 Å². The van der Waals surface area contributed by atoms with Crippen molar-refractivity contribution in [2.24, 2.45) is 17.6 Å². The third-order valence-corrected chi connectivity index (χ3v) is 11.8. The van der Waals surface area contributed by atoms with Crippen LogP contribution in [-0.2, 0) is 31.0 Å². The predicted octanol–water partition coefficient (Wildman–Crippen LogP) is 3.94. The number of nitrogens with one attached hydrogen (secondary N) is 3. The molecule has 1 aliphatic carbocycles. The number of hydrogen-bond donors (Lipinski definition) is 4. The summed E-state index contributed by atoms with van der Waals surface area (Å²) in [4.78, 5) is 48.7. The fraction of sp³-hybridized carbons (Fsp3) is 0.579. The Bertz CT molecular complexity index is 1790. The third kappa shape index (κ3) is 10.9. The molecule has 2 aromatic carbocycles. The highest BCUT2D eigenvalue weighted by Crippen LogP contribution is 2.30. The van der Waals surface area contributed by atoms with Crippen molar-refractivity contribution in [3.63, 3.8) is 0 Å². The summed E-state index contributed by atoms with van der Waals surface area (Å²) in [6, 6.07) is 11.4. The second-order valence-electron chi connectivity index (χ2n) is 14.9. The second kappa shape index (κ2) is 17.8. The lowest BCUT2D eigenvalue weighted by Crippen LogP contribution is -2.55. The number of ketones is 1. The van der Waals surface area contributed by atoms with Crippen LogP contribution in [-0.4, -0.2) is 92.1 Å². The first kappa shape index (κ1) is 39.3. The minimum atomic E-state index is -3.77.